The number of nitrogens with one attached hydrogen (secondary N) is 1. The molecule has 0 atom stereocenters. The van der Waals surface area contributed by atoms with Gasteiger partial charge in [-0.3, -0.25) is 4.79 Å². The number of carbonyl (C=O) groups is 1. The second-order valence-corrected chi connectivity index (χ2v) is 7.43. The maximum Gasteiger partial charge on any atom is 0.261 e. The molecule has 2 N–H and O–H groups in total. The van der Waals surface area contributed by atoms with E-state index in [-0.39, 0.29) is 24.5 Å². The maximum absolute atomic E-state index is 12.1. The van der Waals surface area contributed by atoms with E-state index >= 15 is 0 Å². The molecule has 0 unspecified atom stereocenters. The van der Waals surface area contributed by atoms with Gasteiger partial charge in [0.15, 0.2) is 5.82 Å². The number of hydrogen-bond donors (Lipinski definition) is 2. The van der Waals surface area contributed by atoms with Gasteiger partial charge in [0, 0.05) is 25.6 Å². The number of aromatic nitrogens is 3. The molecule has 3 rings (SSSR count). The third-order valence-corrected chi connectivity index (χ3v) is 5.38. The maximum atomic E-state index is 12.1. The molecule has 2 heterocycles. The summed E-state index contributed by atoms with van der Waals surface area (Å²) in [6.45, 7) is 0.989. The lowest BCUT2D eigenvalue weighted by Gasteiger charge is -2.35. The largest absolute Gasteiger partial charge is 0.388 e. The van der Waals surface area contributed by atoms with Crippen LogP contribution in [0.15, 0.2) is 12.1 Å². The summed E-state index contributed by atoms with van der Waals surface area (Å²) in [7, 11) is 1.63. The molecule has 0 bridgehead atoms. The van der Waals surface area contributed by atoms with E-state index in [9.17, 15) is 9.90 Å². The monoisotopic (exact) mass is 370 g/mol. The topological polar surface area (TPSA) is 89.3 Å². The molecular weight excluding hydrogens is 352 g/mol. The average Bonchev–Trinajstić information content (AvgIpc) is 3.14. The average molecular weight is 371 g/mol. The third-order valence-electron chi connectivity index (χ3n) is 4.15. The molecule has 0 spiro atoms. The van der Waals surface area contributed by atoms with Crippen LogP contribution in [0, 0.1) is 0 Å². The highest BCUT2D eigenvalue weighted by Crippen LogP contribution is 2.36. The van der Waals surface area contributed by atoms with E-state index in [1.807, 2.05) is 4.57 Å². The summed E-state index contributed by atoms with van der Waals surface area (Å²) >= 11 is 7.13. The van der Waals surface area contributed by atoms with Gasteiger partial charge < -0.3 is 19.7 Å². The van der Waals surface area contributed by atoms with Crippen LogP contribution < -0.4 is 5.32 Å². The van der Waals surface area contributed by atoms with Gasteiger partial charge in [-0.25, -0.2) is 0 Å². The highest BCUT2D eigenvalue weighted by atomic mass is 35.5. The number of thiophene rings is 1. The van der Waals surface area contributed by atoms with Crippen LogP contribution in [0.25, 0.3) is 0 Å². The number of aliphatic hydroxyl groups excluding tert-OH is 1. The van der Waals surface area contributed by atoms with Crippen molar-refractivity contribution in [2.45, 2.75) is 38.0 Å². The molecule has 1 saturated carbocycles. The van der Waals surface area contributed by atoms with E-state index in [1.54, 1.807) is 19.2 Å². The summed E-state index contributed by atoms with van der Waals surface area (Å²) in [5.41, 5.74) is 0. The van der Waals surface area contributed by atoms with Crippen molar-refractivity contribution < 1.29 is 14.6 Å². The molecule has 0 aromatic carbocycles. The molecule has 9 heteroatoms. The molecule has 0 saturated heterocycles. The molecule has 0 radical (unpaired) electrons. The summed E-state index contributed by atoms with van der Waals surface area (Å²) in [6, 6.07) is 3.57. The minimum absolute atomic E-state index is 0.0905. The molecule has 130 valence electrons. The van der Waals surface area contributed by atoms with Crippen LogP contribution in [0.5, 0.6) is 0 Å². The lowest BCUT2D eigenvalue weighted by Crippen LogP contribution is -2.43. The van der Waals surface area contributed by atoms with E-state index in [0.717, 1.165) is 18.7 Å². The first-order valence-corrected chi connectivity index (χ1v) is 8.89. The Morgan fingerprint density at radius 3 is 2.92 bits per heavy atom. The molecule has 2 aromatic heterocycles. The Balaban J connectivity index is 1.58. The van der Waals surface area contributed by atoms with Crippen molar-refractivity contribution in [2.24, 2.45) is 0 Å². The first-order valence-electron chi connectivity index (χ1n) is 7.70. The van der Waals surface area contributed by atoms with Crippen molar-refractivity contribution >= 4 is 28.8 Å². The highest BCUT2D eigenvalue weighted by molar-refractivity contribution is 7.17. The fourth-order valence-electron chi connectivity index (χ4n) is 2.83. The zero-order valence-corrected chi connectivity index (χ0v) is 14.8. The fraction of sp³-hybridized carbons (Fsp3) is 0.533. The summed E-state index contributed by atoms with van der Waals surface area (Å²) in [5, 5.41) is 20.6. The van der Waals surface area contributed by atoms with E-state index in [4.69, 9.17) is 16.3 Å². The number of amides is 1. The number of carbonyl (C=O) groups excluding carboxylic acids is 1. The quantitative estimate of drug-likeness (QED) is 0.775. The van der Waals surface area contributed by atoms with Gasteiger partial charge in [0.05, 0.1) is 15.8 Å². The molecule has 1 aliphatic rings. The van der Waals surface area contributed by atoms with Crippen LogP contribution in [-0.2, 0) is 17.9 Å². The van der Waals surface area contributed by atoms with Gasteiger partial charge in [-0.05, 0) is 25.0 Å². The normalized spacial score (nSPS) is 20.0. The standard InChI is InChI=1S/C15H19ClN4O3S/c1-23-5-4-20-13(8-21)18-19-14(20)9-6-10(7-9)17-15(22)11-2-3-12(16)24-11/h2-3,9-10,21H,4-8H2,1H3,(H,17,22). The Hall–Kier alpha value is -1.48. The first-order chi connectivity index (χ1) is 11.6. The molecule has 2 aromatic rings. The van der Waals surface area contributed by atoms with Gasteiger partial charge in [-0.15, -0.1) is 21.5 Å². The lowest BCUT2D eigenvalue weighted by atomic mass is 9.79. The number of methoxy groups -OCH3 is 1. The van der Waals surface area contributed by atoms with Gasteiger partial charge in [0.25, 0.3) is 5.91 Å². The molecule has 1 amide bonds. The smallest absolute Gasteiger partial charge is 0.261 e. The van der Waals surface area contributed by atoms with Crippen molar-refractivity contribution in [1.82, 2.24) is 20.1 Å². The molecule has 0 aliphatic heterocycles. The van der Waals surface area contributed by atoms with Crippen molar-refractivity contribution in [3.8, 4) is 0 Å². The summed E-state index contributed by atoms with van der Waals surface area (Å²) in [5.74, 6) is 1.53. The Labute approximate surface area is 148 Å². The predicted molar refractivity (Wildman–Crippen MR) is 90.4 cm³/mol. The molecule has 7 nitrogen and oxygen atoms in total. The van der Waals surface area contributed by atoms with Crippen LogP contribution in [0.4, 0.5) is 0 Å². The predicted octanol–water partition coefficient (Wildman–Crippen LogP) is 1.81. The van der Waals surface area contributed by atoms with Crippen LogP contribution in [0.3, 0.4) is 0 Å². The molecule has 1 aliphatic carbocycles. The Morgan fingerprint density at radius 1 is 1.50 bits per heavy atom. The minimum atomic E-state index is -0.150. The lowest BCUT2D eigenvalue weighted by molar-refractivity contribution is 0.0910. The SMILES string of the molecule is COCCn1c(CO)nnc1C1CC(NC(=O)c2ccc(Cl)s2)C1. The Bertz CT molecular complexity index is 711. The minimum Gasteiger partial charge on any atom is -0.388 e. The van der Waals surface area contributed by atoms with Gasteiger partial charge in [-0.2, -0.15) is 0 Å². The zero-order valence-electron chi connectivity index (χ0n) is 13.2. The molecule has 24 heavy (non-hydrogen) atoms. The van der Waals surface area contributed by atoms with E-state index in [2.05, 4.69) is 15.5 Å². The number of hydrogen-bond acceptors (Lipinski definition) is 6. The molecule has 1 fully saturated rings. The summed E-state index contributed by atoms with van der Waals surface area (Å²) < 4.78 is 7.62. The van der Waals surface area contributed by atoms with E-state index in [1.165, 1.54) is 11.3 Å². The number of ether oxygens (including phenoxy) is 1. The van der Waals surface area contributed by atoms with Crippen LogP contribution in [-0.4, -0.2) is 45.5 Å². The zero-order chi connectivity index (χ0) is 17.1. The Morgan fingerprint density at radius 2 is 2.29 bits per heavy atom. The Kier molecular flexibility index (Phi) is 5.50. The van der Waals surface area contributed by atoms with E-state index in [0.29, 0.717) is 28.2 Å². The fourth-order valence-corrected chi connectivity index (χ4v) is 3.78. The number of aliphatic hydroxyl groups is 1. The van der Waals surface area contributed by atoms with Crippen LogP contribution in [0.2, 0.25) is 4.34 Å². The second kappa shape index (κ2) is 7.60. The summed E-state index contributed by atoms with van der Waals surface area (Å²) in [6.07, 6.45) is 1.61. The van der Waals surface area contributed by atoms with Crippen molar-refractivity contribution in [3.05, 3.63) is 33.0 Å². The second-order valence-electron chi connectivity index (χ2n) is 5.72. The van der Waals surface area contributed by atoms with Crippen molar-refractivity contribution in [2.75, 3.05) is 13.7 Å². The van der Waals surface area contributed by atoms with Gasteiger partial charge in [0.1, 0.15) is 12.4 Å². The van der Waals surface area contributed by atoms with Crippen LogP contribution >= 0.6 is 22.9 Å². The van der Waals surface area contributed by atoms with E-state index < -0.39 is 0 Å². The number of halogens is 1. The van der Waals surface area contributed by atoms with Gasteiger partial charge in [-0.1, -0.05) is 11.6 Å². The number of nitrogens with zero attached hydrogens (tertiary/aromatic N) is 3. The summed E-state index contributed by atoms with van der Waals surface area (Å²) in [4.78, 5) is 12.7. The third kappa shape index (κ3) is 3.61. The molecular formula is C15H19ClN4O3S. The highest BCUT2D eigenvalue weighted by Gasteiger charge is 2.35. The first kappa shape index (κ1) is 17.3. The van der Waals surface area contributed by atoms with Gasteiger partial charge in [0.2, 0.25) is 0 Å². The van der Waals surface area contributed by atoms with Crippen molar-refractivity contribution in [1.29, 1.82) is 0 Å². The van der Waals surface area contributed by atoms with Gasteiger partial charge >= 0.3 is 0 Å². The number of rotatable bonds is 7. The van der Waals surface area contributed by atoms with Crippen LogP contribution in [0.1, 0.15) is 40.1 Å². The van der Waals surface area contributed by atoms with Crippen molar-refractivity contribution in [3.63, 3.8) is 0 Å².